The lowest BCUT2D eigenvalue weighted by atomic mass is 10.2. The average Bonchev–Trinajstić information content (AvgIpc) is 3.09. The fourth-order valence-electron chi connectivity index (χ4n) is 3.38. The number of halogens is 2. The molecule has 1 aromatic carbocycles. The first-order valence-corrected chi connectivity index (χ1v) is 12.1. The van der Waals surface area contributed by atoms with E-state index in [1.165, 1.54) is 0 Å². The molecule has 28 heavy (non-hydrogen) atoms. The van der Waals surface area contributed by atoms with Gasteiger partial charge < -0.3 is 0 Å². The molecule has 154 valence electrons. The van der Waals surface area contributed by atoms with Crippen LogP contribution in [0.15, 0.2) is 18.2 Å². The molecule has 1 aliphatic heterocycles. The maximum atomic E-state index is 11.8. The van der Waals surface area contributed by atoms with E-state index in [1.807, 2.05) is 22.6 Å². The smallest absolute Gasteiger partial charge is 0.199 e. The molecule has 1 fully saturated rings. The van der Waals surface area contributed by atoms with Gasteiger partial charge in [0.25, 0.3) is 0 Å². The minimum absolute atomic E-state index is 0.0234. The Balaban J connectivity index is 1.96. The quantitative estimate of drug-likeness (QED) is 0.604. The van der Waals surface area contributed by atoms with Crippen molar-refractivity contribution >= 4 is 45.3 Å². The maximum Gasteiger partial charge on any atom is 0.199 e. The second kappa shape index (κ2) is 8.44. The fourth-order valence-corrected chi connectivity index (χ4v) is 5.94. The van der Waals surface area contributed by atoms with Crippen molar-refractivity contribution in [1.82, 2.24) is 19.2 Å². The number of aromatic nitrogens is 3. The van der Waals surface area contributed by atoms with Gasteiger partial charge in [-0.25, -0.2) is 13.1 Å². The molecule has 0 unspecified atom stereocenters. The summed E-state index contributed by atoms with van der Waals surface area (Å²) in [6.45, 7) is 5.35. The Hall–Kier alpha value is -0.930. The van der Waals surface area contributed by atoms with Crippen LogP contribution in [-0.2, 0) is 23.1 Å². The van der Waals surface area contributed by atoms with Crippen molar-refractivity contribution in [2.24, 2.45) is 5.92 Å². The number of nitrogens with zero attached hydrogens (tertiary/aromatic N) is 4. The van der Waals surface area contributed by atoms with Crippen molar-refractivity contribution in [3.63, 3.8) is 0 Å². The first kappa shape index (κ1) is 21.8. The summed E-state index contributed by atoms with van der Waals surface area (Å²) >= 11 is 18.1. The van der Waals surface area contributed by atoms with Crippen molar-refractivity contribution in [2.45, 2.75) is 39.5 Å². The molecule has 0 saturated carbocycles. The minimum Gasteiger partial charge on any atom is -0.300 e. The zero-order valence-electron chi connectivity index (χ0n) is 16.1. The van der Waals surface area contributed by atoms with Crippen LogP contribution >= 0.6 is 35.4 Å². The molecule has 2 heterocycles. The van der Waals surface area contributed by atoms with E-state index in [9.17, 15) is 8.42 Å². The van der Waals surface area contributed by atoms with Gasteiger partial charge in [-0.15, -0.1) is 0 Å². The molecule has 3 rings (SSSR count). The fraction of sp³-hybridized carbons (Fsp3) is 0.556. The van der Waals surface area contributed by atoms with E-state index in [-0.39, 0.29) is 17.5 Å². The second-order valence-electron chi connectivity index (χ2n) is 7.69. The molecule has 0 N–H and O–H groups in total. The summed E-state index contributed by atoms with van der Waals surface area (Å²) in [6, 6.07) is 5.29. The summed E-state index contributed by atoms with van der Waals surface area (Å²) in [5, 5.41) is 5.80. The molecule has 1 aromatic heterocycles. The molecule has 0 amide bonds. The highest BCUT2D eigenvalue weighted by Crippen LogP contribution is 2.30. The maximum absolute atomic E-state index is 11.8. The van der Waals surface area contributed by atoms with E-state index >= 15 is 0 Å². The van der Waals surface area contributed by atoms with E-state index in [0.29, 0.717) is 46.2 Å². The Morgan fingerprint density at radius 1 is 1.36 bits per heavy atom. The second-order valence-corrected chi connectivity index (χ2v) is 11.1. The predicted molar refractivity (Wildman–Crippen MR) is 116 cm³/mol. The van der Waals surface area contributed by atoms with Crippen molar-refractivity contribution in [2.75, 3.05) is 18.6 Å². The normalized spacial score (nSPS) is 19.0. The molecule has 0 aliphatic carbocycles. The average molecular weight is 463 g/mol. The van der Waals surface area contributed by atoms with E-state index < -0.39 is 9.84 Å². The highest BCUT2D eigenvalue weighted by atomic mass is 35.5. The van der Waals surface area contributed by atoms with E-state index in [1.54, 1.807) is 16.8 Å². The molecule has 2 aromatic rings. The van der Waals surface area contributed by atoms with Crippen molar-refractivity contribution in [1.29, 1.82) is 0 Å². The zero-order chi connectivity index (χ0) is 20.6. The highest BCUT2D eigenvalue weighted by molar-refractivity contribution is 7.91. The monoisotopic (exact) mass is 462 g/mol. The Morgan fingerprint density at radius 2 is 2.07 bits per heavy atom. The summed E-state index contributed by atoms with van der Waals surface area (Å²) in [5.41, 5.74) is 0.766. The van der Waals surface area contributed by atoms with Gasteiger partial charge in [0.1, 0.15) is 0 Å². The first-order valence-electron chi connectivity index (χ1n) is 9.11. The number of rotatable bonds is 6. The summed E-state index contributed by atoms with van der Waals surface area (Å²) in [5.74, 6) is 1.47. The third kappa shape index (κ3) is 4.79. The summed E-state index contributed by atoms with van der Waals surface area (Å²) in [4.78, 5) is 2.00. The zero-order valence-corrected chi connectivity index (χ0v) is 19.2. The van der Waals surface area contributed by atoms with Gasteiger partial charge in [0.05, 0.1) is 23.2 Å². The lowest BCUT2D eigenvalue weighted by Gasteiger charge is -2.22. The standard InChI is InChI=1S/C18H24Cl2N4O2S2/c1-12(2)9-23-17(15-5-4-13(19)8-16(15)20)21-24(18(23)27)11-22(3)14-6-7-28(25,26)10-14/h4-5,8,12,14H,6-7,9-11H2,1-3H3/t14-/m0/s1. The summed E-state index contributed by atoms with van der Waals surface area (Å²) in [7, 11) is -1.04. The van der Waals surface area contributed by atoms with Gasteiger partial charge in [-0.1, -0.05) is 37.0 Å². The Labute approximate surface area is 181 Å². The van der Waals surface area contributed by atoms with Gasteiger partial charge in [-0.3, -0.25) is 9.47 Å². The number of sulfone groups is 1. The van der Waals surface area contributed by atoms with Gasteiger partial charge >= 0.3 is 0 Å². The molecule has 0 bridgehead atoms. The van der Waals surface area contributed by atoms with Crippen LogP contribution in [0.1, 0.15) is 20.3 Å². The van der Waals surface area contributed by atoms with Crippen LogP contribution in [0.25, 0.3) is 11.4 Å². The Morgan fingerprint density at radius 3 is 2.64 bits per heavy atom. The van der Waals surface area contributed by atoms with E-state index in [4.69, 9.17) is 40.5 Å². The van der Waals surface area contributed by atoms with Crippen LogP contribution in [0.4, 0.5) is 0 Å². The van der Waals surface area contributed by atoms with Crippen molar-refractivity contribution in [3.8, 4) is 11.4 Å². The Bertz CT molecular complexity index is 1030. The van der Waals surface area contributed by atoms with Crippen LogP contribution in [-0.4, -0.2) is 52.3 Å². The SMILES string of the molecule is CC(C)Cn1c(-c2ccc(Cl)cc2Cl)nn(CN(C)[C@H]2CCS(=O)(=O)C2)c1=S. The Kier molecular flexibility index (Phi) is 6.56. The van der Waals surface area contributed by atoms with Gasteiger partial charge in [0.2, 0.25) is 0 Å². The minimum atomic E-state index is -2.95. The number of benzene rings is 1. The topological polar surface area (TPSA) is 60.1 Å². The van der Waals surface area contributed by atoms with Crippen LogP contribution < -0.4 is 0 Å². The molecular formula is C18H24Cl2N4O2S2. The van der Waals surface area contributed by atoms with Crippen molar-refractivity contribution in [3.05, 3.63) is 33.0 Å². The van der Waals surface area contributed by atoms with Gasteiger partial charge in [-0.2, -0.15) is 5.10 Å². The molecule has 0 spiro atoms. The third-order valence-electron chi connectivity index (χ3n) is 4.83. The highest BCUT2D eigenvalue weighted by Gasteiger charge is 2.31. The third-order valence-corrected chi connectivity index (χ3v) is 7.56. The lowest BCUT2D eigenvalue weighted by molar-refractivity contribution is 0.196. The number of hydrogen-bond acceptors (Lipinski definition) is 5. The van der Waals surface area contributed by atoms with E-state index in [2.05, 4.69) is 13.8 Å². The largest absolute Gasteiger partial charge is 0.300 e. The van der Waals surface area contributed by atoms with Gasteiger partial charge in [0.15, 0.2) is 20.4 Å². The van der Waals surface area contributed by atoms with E-state index in [0.717, 1.165) is 5.56 Å². The summed E-state index contributed by atoms with van der Waals surface area (Å²) < 4.78 is 27.9. The van der Waals surface area contributed by atoms with Gasteiger partial charge in [-0.05, 0) is 49.8 Å². The lowest BCUT2D eigenvalue weighted by Crippen LogP contribution is -2.34. The summed E-state index contributed by atoms with van der Waals surface area (Å²) in [6.07, 6.45) is 0.634. The molecular weight excluding hydrogens is 439 g/mol. The molecule has 1 aliphatic rings. The van der Waals surface area contributed by atoms with Crippen LogP contribution in [0.2, 0.25) is 10.0 Å². The van der Waals surface area contributed by atoms with Crippen LogP contribution in [0.3, 0.4) is 0 Å². The van der Waals surface area contributed by atoms with Crippen LogP contribution in [0, 0.1) is 10.7 Å². The predicted octanol–water partition coefficient (Wildman–Crippen LogP) is 4.12. The molecule has 6 nitrogen and oxygen atoms in total. The molecule has 10 heteroatoms. The number of hydrogen-bond donors (Lipinski definition) is 0. The van der Waals surface area contributed by atoms with Crippen molar-refractivity contribution < 1.29 is 8.42 Å². The molecule has 1 atom stereocenters. The van der Waals surface area contributed by atoms with Gasteiger partial charge in [0, 0.05) is 23.2 Å². The first-order chi connectivity index (χ1) is 13.1. The molecule has 1 saturated heterocycles. The molecule has 0 radical (unpaired) electrons. The van der Waals surface area contributed by atoms with Crippen LogP contribution in [0.5, 0.6) is 0 Å².